The maximum atomic E-state index is 2.42. The topological polar surface area (TPSA) is 0 Å². The minimum absolute atomic E-state index is 1.30. The van der Waals surface area contributed by atoms with Gasteiger partial charge in [0.05, 0.1) is 0 Å². The highest BCUT2D eigenvalue weighted by atomic mass is 14.0. The van der Waals surface area contributed by atoms with E-state index in [0.29, 0.717) is 0 Å². The molecular formula is C24H48. The van der Waals surface area contributed by atoms with Crippen LogP contribution < -0.4 is 0 Å². The average Bonchev–Trinajstić information content (AvgIpc) is 2.60. The highest BCUT2D eigenvalue weighted by Gasteiger charge is 1.93. The first-order valence-electron chi connectivity index (χ1n) is 11.6. The van der Waals surface area contributed by atoms with Crippen molar-refractivity contribution in [1.29, 1.82) is 0 Å². The lowest BCUT2D eigenvalue weighted by molar-refractivity contribution is 0.536. The van der Waals surface area contributed by atoms with Crippen molar-refractivity contribution < 1.29 is 0 Å². The first kappa shape index (κ1) is 23.7. The van der Waals surface area contributed by atoms with Crippen LogP contribution in [-0.4, -0.2) is 0 Å². The molecule has 0 heterocycles. The highest BCUT2D eigenvalue weighted by molar-refractivity contribution is 4.81. The molecule has 0 aromatic rings. The molecule has 0 fully saturated rings. The second-order valence-electron chi connectivity index (χ2n) is 7.71. The van der Waals surface area contributed by atoms with Gasteiger partial charge >= 0.3 is 0 Å². The predicted octanol–water partition coefficient (Wildman–Crippen LogP) is 9.38. The quantitative estimate of drug-likeness (QED) is 0.153. The molecule has 0 radical (unpaired) electrons. The molecule has 0 spiro atoms. The predicted molar refractivity (Wildman–Crippen MR) is 113 cm³/mol. The van der Waals surface area contributed by atoms with Crippen molar-refractivity contribution in [2.24, 2.45) is 0 Å². The molecule has 0 aromatic carbocycles. The largest absolute Gasteiger partial charge is 0.0885 e. The maximum absolute atomic E-state index is 2.42. The molecule has 0 nitrogen and oxygen atoms in total. The molecule has 0 N–H and O–H groups in total. The summed E-state index contributed by atoms with van der Waals surface area (Å²) >= 11 is 0. The molecule has 0 atom stereocenters. The Balaban J connectivity index is 3.01. The zero-order valence-electron chi connectivity index (χ0n) is 17.3. The van der Waals surface area contributed by atoms with Crippen molar-refractivity contribution in [3.05, 3.63) is 12.2 Å². The van der Waals surface area contributed by atoms with Gasteiger partial charge in [-0.15, -0.1) is 0 Å². The second-order valence-corrected chi connectivity index (χ2v) is 7.71. The monoisotopic (exact) mass is 336 g/mol. The van der Waals surface area contributed by atoms with Gasteiger partial charge in [0.25, 0.3) is 0 Å². The van der Waals surface area contributed by atoms with Crippen LogP contribution in [0.15, 0.2) is 12.2 Å². The van der Waals surface area contributed by atoms with Crippen molar-refractivity contribution in [3.8, 4) is 0 Å². The average molecular weight is 337 g/mol. The van der Waals surface area contributed by atoms with Crippen LogP contribution >= 0.6 is 0 Å². The van der Waals surface area contributed by atoms with Crippen LogP contribution in [0.25, 0.3) is 0 Å². The summed E-state index contributed by atoms with van der Waals surface area (Å²) in [6.45, 7) is 4.58. The fraction of sp³-hybridized carbons (Fsp3) is 0.917. The summed E-state index contributed by atoms with van der Waals surface area (Å²) in [5, 5.41) is 0. The molecule has 0 aliphatic heterocycles. The number of allylic oxidation sites excluding steroid dienone is 2. The van der Waals surface area contributed by atoms with E-state index in [1.165, 1.54) is 128 Å². The van der Waals surface area contributed by atoms with Gasteiger partial charge in [0.1, 0.15) is 0 Å². The van der Waals surface area contributed by atoms with E-state index in [4.69, 9.17) is 0 Å². The molecule has 24 heavy (non-hydrogen) atoms. The summed E-state index contributed by atoms with van der Waals surface area (Å²) in [7, 11) is 0. The zero-order chi connectivity index (χ0) is 17.6. The Morgan fingerprint density at radius 2 is 0.583 bits per heavy atom. The van der Waals surface area contributed by atoms with Crippen molar-refractivity contribution in [1.82, 2.24) is 0 Å². The van der Waals surface area contributed by atoms with Crippen molar-refractivity contribution in [3.63, 3.8) is 0 Å². The van der Waals surface area contributed by atoms with Crippen LogP contribution in [-0.2, 0) is 0 Å². The van der Waals surface area contributed by atoms with Gasteiger partial charge in [0.15, 0.2) is 0 Å². The molecule has 0 rings (SSSR count). The summed E-state index contributed by atoms with van der Waals surface area (Å²) in [4.78, 5) is 0. The molecular weight excluding hydrogens is 288 g/mol. The van der Waals surface area contributed by atoms with Gasteiger partial charge in [-0.2, -0.15) is 0 Å². The van der Waals surface area contributed by atoms with E-state index >= 15 is 0 Å². The lowest BCUT2D eigenvalue weighted by Gasteiger charge is -2.02. The molecule has 0 aliphatic carbocycles. The molecule has 0 bridgehead atoms. The number of hydrogen-bond acceptors (Lipinski definition) is 0. The standard InChI is InChI=1S/C24H48/c1-3-5-7-9-11-13-15-17-19-21-23-24-22-20-18-16-14-12-10-8-6-4-2/h13,15H,3-12,14,16-24H2,1-2H3/b15-13-. The number of unbranched alkanes of at least 4 members (excludes halogenated alkanes) is 18. The molecule has 144 valence electrons. The van der Waals surface area contributed by atoms with Gasteiger partial charge in [-0.3, -0.25) is 0 Å². The molecule has 0 unspecified atom stereocenters. The number of hydrogen-bond donors (Lipinski definition) is 0. The first-order valence-corrected chi connectivity index (χ1v) is 11.6. The van der Waals surface area contributed by atoms with Gasteiger partial charge in [-0.25, -0.2) is 0 Å². The lowest BCUT2D eigenvalue weighted by Crippen LogP contribution is -1.83. The Hall–Kier alpha value is -0.260. The van der Waals surface area contributed by atoms with Crippen LogP contribution in [0.4, 0.5) is 0 Å². The third-order valence-electron chi connectivity index (χ3n) is 5.12. The maximum Gasteiger partial charge on any atom is -0.0351 e. The van der Waals surface area contributed by atoms with Crippen molar-refractivity contribution >= 4 is 0 Å². The SMILES string of the molecule is CCCCCC/C=C\CCCCCCCCCCCCCCCC. The van der Waals surface area contributed by atoms with Gasteiger partial charge in [0, 0.05) is 0 Å². The smallest absolute Gasteiger partial charge is 0.0351 e. The van der Waals surface area contributed by atoms with Crippen molar-refractivity contribution in [2.45, 2.75) is 142 Å². The van der Waals surface area contributed by atoms with E-state index in [1.807, 2.05) is 0 Å². The normalized spacial score (nSPS) is 11.6. The van der Waals surface area contributed by atoms with E-state index in [2.05, 4.69) is 26.0 Å². The van der Waals surface area contributed by atoms with Gasteiger partial charge in [-0.05, 0) is 25.7 Å². The summed E-state index contributed by atoms with van der Waals surface area (Å²) in [5.41, 5.74) is 0. The zero-order valence-corrected chi connectivity index (χ0v) is 17.3. The van der Waals surface area contributed by atoms with E-state index in [0.717, 1.165) is 0 Å². The molecule has 0 amide bonds. The van der Waals surface area contributed by atoms with E-state index in [1.54, 1.807) is 0 Å². The first-order chi connectivity index (χ1) is 11.9. The minimum atomic E-state index is 1.30. The molecule has 0 aromatic heterocycles. The molecule has 0 saturated carbocycles. The van der Waals surface area contributed by atoms with Crippen LogP contribution in [0.3, 0.4) is 0 Å². The second kappa shape index (κ2) is 22.7. The van der Waals surface area contributed by atoms with Crippen LogP contribution in [0, 0.1) is 0 Å². The van der Waals surface area contributed by atoms with Crippen LogP contribution in [0.1, 0.15) is 142 Å². The van der Waals surface area contributed by atoms with Gasteiger partial charge in [-0.1, -0.05) is 129 Å². The Morgan fingerprint density at radius 1 is 0.333 bits per heavy atom. The number of rotatable bonds is 20. The lowest BCUT2D eigenvalue weighted by atomic mass is 10.0. The summed E-state index contributed by atoms with van der Waals surface area (Å²) in [6, 6.07) is 0. The van der Waals surface area contributed by atoms with E-state index in [9.17, 15) is 0 Å². The third-order valence-corrected chi connectivity index (χ3v) is 5.12. The van der Waals surface area contributed by atoms with Crippen LogP contribution in [0.5, 0.6) is 0 Å². The van der Waals surface area contributed by atoms with E-state index in [-0.39, 0.29) is 0 Å². The summed E-state index contributed by atoms with van der Waals surface area (Å²) in [6.07, 6.45) is 33.4. The Bertz CT molecular complexity index is 228. The summed E-state index contributed by atoms with van der Waals surface area (Å²) < 4.78 is 0. The van der Waals surface area contributed by atoms with Gasteiger partial charge < -0.3 is 0 Å². The fourth-order valence-corrected chi connectivity index (χ4v) is 3.38. The third kappa shape index (κ3) is 21.7. The molecule has 0 heteroatoms. The van der Waals surface area contributed by atoms with E-state index < -0.39 is 0 Å². The minimum Gasteiger partial charge on any atom is -0.0885 e. The fourth-order valence-electron chi connectivity index (χ4n) is 3.38. The molecule has 0 aliphatic rings. The Kier molecular flexibility index (Phi) is 22.5. The van der Waals surface area contributed by atoms with Crippen molar-refractivity contribution in [2.75, 3.05) is 0 Å². The Labute approximate surface area is 154 Å². The molecule has 0 saturated heterocycles. The van der Waals surface area contributed by atoms with Crippen LogP contribution in [0.2, 0.25) is 0 Å². The Morgan fingerprint density at radius 3 is 0.917 bits per heavy atom. The van der Waals surface area contributed by atoms with Gasteiger partial charge in [0.2, 0.25) is 0 Å². The summed E-state index contributed by atoms with van der Waals surface area (Å²) in [5.74, 6) is 0. The highest BCUT2D eigenvalue weighted by Crippen LogP contribution is 2.13.